The van der Waals surface area contributed by atoms with E-state index < -0.39 is 98.4 Å². The first-order chi connectivity index (χ1) is 20.0. The molecule has 14 nitrogen and oxygen atoms in total. The molecule has 4 saturated heterocycles. The van der Waals surface area contributed by atoms with Crippen LogP contribution in [0.3, 0.4) is 0 Å². The molecule has 17 atom stereocenters. The van der Waals surface area contributed by atoms with Crippen LogP contribution in [-0.4, -0.2) is 143 Å². The molecule has 4 fully saturated rings. The second-order valence-corrected chi connectivity index (χ2v) is 11.5. The van der Waals surface area contributed by atoms with Crippen LogP contribution < -0.4 is 0 Å². The van der Waals surface area contributed by atoms with E-state index in [9.17, 15) is 15.3 Å². The van der Waals surface area contributed by atoms with Gasteiger partial charge in [0.2, 0.25) is 0 Å². The number of hydrogen-bond donors (Lipinski definition) is 2. The van der Waals surface area contributed by atoms with Gasteiger partial charge in [-0.1, -0.05) is 0 Å². The minimum Gasteiger partial charge on any atom is -0.388 e. The molecule has 14 heteroatoms. The molecule has 0 saturated carbocycles. The molecule has 0 amide bonds. The second kappa shape index (κ2) is 15.1. The molecule has 1 unspecified atom stereocenters. The number of rotatable bonds is 10. The zero-order valence-electron chi connectivity index (χ0n) is 25.7. The van der Waals surface area contributed by atoms with Gasteiger partial charge in [-0.3, -0.25) is 0 Å². The van der Waals surface area contributed by atoms with Gasteiger partial charge in [0.05, 0.1) is 42.7 Å². The maximum absolute atomic E-state index is 11.9. The van der Waals surface area contributed by atoms with Crippen LogP contribution in [-0.2, 0) is 57.2 Å². The lowest BCUT2D eigenvalue weighted by Crippen LogP contribution is -2.61. The molecule has 0 bridgehead atoms. The molecule has 42 heavy (non-hydrogen) atoms. The maximum atomic E-state index is 11.9. The van der Waals surface area contributed by atoms with E-state index in [2.05, 4.69) is 0 Å². The largest absolute Gasteiger partial charge is 0.388 e. The van der Waals surface area contributed by atoms with Crippen molar-refractivity contribution < 1.29 is 67.4 Å². The van der Waals surface area contributed by atoms with E-state index in [4.69, 9.17) is 52.1 Å². The first kappa shape index (κ1) is 34.3. The van der Waals surface area contributed by atoms with E-state index in [1.54, 1.807) is 35.2 Å². The molecular weight excluding hydrogens is 560 g/mol. The van der Waals surface area contributed by atoms with E-state index in [1.165, 1.54) is 7.11 Å². The number of aliphatic hydroxyl groups excluding tert-OH is 2. The molecule has 0 aromatic carbocycles. The summed E-state index contributed by atoms with van der Waals surface area (Å²) in [6.45, 7) is 7.19. The van der Waals surface area contributed by atoms with E-state index in [0.717, 1.165) is 0 Å². The topological polar surface area (TPSA) is 162 Å². The Morgan fingerprint density at radius 3 is 1.45 bits per heavy atom. The predicted octanol–water partition coefficient (Wildman–Crippen LogP) is 0.504. The lowest BCUT2D eigenvalue weighted by molar-refractivity contribution is -0.355. The van der Waals surface area contributed by atoms with Gasteiger partial charge in [0, 0.05) is 47.7 Å². The Hall–Kier alpha value is -0.560. The lowest BCUT2D eigenvalue weighted by Gasteiger charge is -2.47. The minimum absolute atomic E-state index is 0.190. The van der Waals surface area contributed by atoms with E-state index >= 15 is 0 Å². The summed E-state index contributed by atoms with van der Waals surface area (Å²) < 4.78 is 64.7. The monoisotopic (exact) mass is 609 g/mol. The summed E-state index contributed by atoms with van der Waals surface area (Å²) in [5, 5.41) is 32.9. The normalized spacial score (nSPS) is 50.5. The Labute approximate surface area is 247 Å². The van der Waals surface area contributed by atoms with Crippen molar-refractivity contribution in [3.63, 3.8) is 0 Å². The smallest absolute Gasteiger partial charge is 0.194 e. The number of aliphatic hydroxyl groups is 2. The average molecular weight is 610 g/mol. The van der Waals surface area contributed by atoms with E-state index in [-0.39, 0.29) is 12.5 Å². The predicted molar refractivity (Wildman–Crippen MR) is 142 cm³/mol. The third-order valence-electron chi connectivity index (χ3n) is 8.73. The first-order valence-corrected chi connectivity index (χ1v) is 14.7. The Balaban J connectivity index is 1.35. The SMILES string of the molecule is CO[C@@H]1[C@@H](O)[C@H](O[C@@H]2[C@@H](C)O[C@@H](O[C@H]3[C@@H](OC)C[C@H](O[C@@H]4[C@@H](C)OC([O])C[C@H]4OC)O[C@@H]3C)C[C@H]2OC)O[C@H](C)[C@H]1O. The molecule has 0 aromatic heterocycles. The van der Waals surface area contributed by atoms with Crippen LogP contribution >= 0.6 is 0 Å². The van der Waals surface area contributed by atoms with Gasteiger partial charge in [-0.2, -0.15) is 0 Å². The Morgan fingerprint density at radius 2 is 0.976 bits per heavy atom. The highest BCUT2D eigenvalue weighted by molar-refractivity contribution is 4.92. The van der Waals surface area contributed by atoms with Gasteiger partial charge < -0.3 is 62.3 Å². The van der Waals surface area contributed by atoms with Crippen LogP contribution in [0.1, 0.15) is 47.0 Å². The van der Waals surface area contributed by atoms with Gasteiger partial charge in [-0.25, -0.2) is 5.11 Å². The maximum Gasteiger partial charge on any atom is 0.194 e. The molecule has 4 aliphatic heterocycles. The van der Waals surface area contributed by atoms with E-state index in [1.807, 2.05) is 13.8 Å². The fourth-order valence-corrected chi connectivity index (χ4v) is 6.35. The summed E-state index contributed by atoms with van der Waals surface area (Å²) in [5.41, 5.74) is 0. The van der Waals surface area contributed by atoms with Crippen LogP contribution in [0.4, 0.5) is 0 Å². The Kier molecular flexibility index (Phi) is 12.4. The quantitative estimate of drug-likeness (QED) is 0.353. The van der Waals surface area contributed by atoms with Crippen molar-refractivity contribution in [3.05, 3.63) is 0 Å². The van der Waals surface area contributed by atoms with Crippen molar-refractivity contribution in [2.75, 3.05) is 28.4 Å². The zero-order valence-corrected chi connectivity index (χ0v) is 25.7. The van der Waals surface area contributed by atoms with Gasteiger partial charge in [0.25, 0.3) is 0 Å². The molecule has 0 aromatic rings. The molecule has 0 aliphatic carbocycles. The first-order valence-electron chi connectivity index (χ1n) is 14.7. The van der Waals surface area contributed by atoms with E-state index in [0.29, 0.717) is 12.8 Å². The highest BCUT2D eigenvalue weighted by Crippen LogP contribution is 2.35. The molecule has 4 rings (SSSR count). The average Bonchev–Trinajstić information content (AvgIpc) is 2.95. The fourth-order valence-electron chi connectivity index (χ4n) is 6.35. The van der Waals surface area contributed by atoms with Crippen molar-refractivity contribution in [1.82, 2.24) is 0 Å². The standard InChI is InChI=1S/C28H49O14/c1-12-22(30)27(35-8)23(31)28(39-12)42-26-15(4)38-21(11-18(26)34-7)41-25-14(3)37-20(10-17(25)33-6)40-24-13(2)36-19(29)9-16(24)32-5/h12-28,30-31H,9-11H2,1-8H3/t12-,13-,14-,15-,16-,17+,18-,19?,20+,21+,22-,23-,24-,25-,26-,27+,28+/m1/s1. The summed E-state index contributed by atoms with van der Waals surface area (Å²) >= 11 is 0. The molecule has 0 spiro atoms. The summed E-state index contributed by atoms with van der Waals surface area (Å²) in [5.74, 6) is 0. The van der Waals surface area contributed by atoms with Gasteiger partial charge in [-0.05, 0) is 27.7 Å². The minimum atomic E-state index is -1.21. The van der Waals surface area contributed by atoms with Gasteiger partial charge >= 0.3 is 0 Å². The Bertz CT molecular complexity index is 821. The molecule has 1 radical (unpaired) electrons. The van der Waals surface area contributed by atoms with Crippen LogP contribution in [0.2, 0.25) is 0 Å². The lowest BCUT2D eigenvalue weighted by atomic mass is 9.98. The van der Waals surface area contributed by atoms with Gasteiger partial charge in [-0.15, -0.1) is 0 Å². The van der Waals surface area contributed by atoms with Crippen molar-refractivity contribution >= 4 is 0 Å². The van der Waals surface area contributed by atoms with Gasteiger partial charge in [0.15, 0.2) is 25.2 Å². The van der Waals surface area contributed by atoms with Crippen molar-refractivity contribution in [3.8, 4) is 0 Å². The molecule has 4 aliphatic rings. The molecule has 4 heterocycles. The van der Waals surface area contributed by atoms with Crippen LogP contribution in [0, 0.1) is 0 Å². The zero-order chi connectivity index (χ0) is 30.7. The highest BCUT2D eigenvalue weighted by atomic mass is 16.8. The molecule has 245 valence electrons. The molecule has 2 N–H and O–H groups in total. The van der Waals surface area contributed by atoms with Crippen LogP contribution in [0.5, 0.6) is 0 Å². The number of hydrogen-bond acceptors (Lipinski definition) is 13. The van der Waals surface area contributed by atoms with Crippen LogP contribution in [0.15, 0.2) is 0 Å². The highest BCUT2D eigenvalue weighted by Gasteiger charge is 2.49. The summed E-state index contributed by atoms with van der Waals surface area (Å²) in [4.78, 5) is 0. The summed E-state index contributed by atoms with van der Waals surface area (Å²) in [7, 11) is 6.15. The van der Waals surface area contributed by atoms with Crippen molar-refractivity contribution in [1.29, 1.82) is 0 Å². The van der Waals surface area contributed by atoms with Crippen molar-refractivity contribution in [2.24, 2.45) is 0 Å². The third kappa shape index (κ3) is 7.62. The number of ether oxygens (including phenoxy) is 11. The number of methoxy groups -OCH3 is 4. The van der Waals surface area contributed by atoms with Crippen LogP contribution in [0.25, 0.3) is 0 Å². The van der Waals surface area contributed by atoms with Crippen molar-refractivity contribution in [2.45, 2.75) is 151 Å². The summed E-state index contributed by atoms with van der Waals surface area (Å²) in [6, 6.07) is 0. The van der Waals surface area contributed by atoms with Gasteiger partial charge in [0.1, 0.15) is 36.6 Å². The fraction of sp³-hybridized carbons (Fsp3) is 1.00. The Morgan fingerprint density at radius 1 is 0.524 bits per heavy atom. The third-order valence-corrected chi connectivity index (χ3v) is 8.73. The summed E-state index contributed by atoms with van der Waals surface area (Å²) in [6.07, 6.45) is -10.3. The second-order valence-electron chi connectivity index (χ2n) is 11.5. The molecular formula is C28H49O14.